The van der Waals surface area contributed by atoms with Gasteiger partial charge in [0.1, 0.15) is 11.6 Å². The third kappa shape index (κ3) is 4.56. The van der Waals surface area contributed by atoms with E-state index in [1.807, 2.05) is 6.92 Å². The van der Waals surface area contributed by atoms with Crippen LogP contribution in [-0.2, 0) is 11.2 Å². The number of carbonyl (C=O) groups is 1. The number of ketones is 1. The molecule has 1 heterocycles. The van der Waals surface area contributed by atoms with E-state index in [4.69, 9.17) is 11.5 Å². The van der Waals surface area contributed by atoms with Gasteiger partial charge in [-0.1, -0.05) is 0 Å². The van der Waals surface area contributed by atoms with Crippen molar-refractivity contribution in [2.45, 2.75) is 32.2 Å². The summed E-state index contributed by atoms with van der Waals surface area (Å²) in [4.78, 5) is 15.4. The van der Waals surface area contributed by atoms with Gasteiger partial charge < -0.3 is 11.5 Å². The molecule has 0 aliphatic heterocycles. The highest BCUT2D eigenvalue weighted by Gasteiger charge is 2.05. The van der Waals surface area contributed by atoms with Gasteiger partial charge in [-0.3, -0.25) is 4.79 Å². The molecule has 1 aromatic heterocycles. The highest BCUT2D eigenvalue weighted by atomic mass is 16.1. The number of nitrogens with zero attached hydrogens (tertiary/aromatic N) is 1. The summed E-state index contributed by atoms with van der Waals surface area (Å²) in [5.41, 5.74) is 12.0. The van der Waals surface area contributed by atoms with E-state index in [2.05, 4.69) is 4.98 Å². The van der Waals surface area contributed by atoms with Gasteiger partial charge in [-0.25, -0.2) is 4.98 Å². The molecule has 1 atom stereocenters. The fraction of sp³-hybridized carbons (Fsp3) is 0.455. The number of nitrogens with two attached hydrogens (primary N) is 2. The maximum atomic E-state index is 11.5. The van der Waals surface area contributed by atoms with E-state index < -0.39 is 0 Å². The molecule has 15 heavy (non-hydrogen) atoms. The zero-order chi connectivity index (χ0) is 11.3. The van der Waals surface area contributed by atoms with E-state index in [1.165, 1.54) is 0 Å². The minimum Gasteiger partial charge on any atom is -0.384 e. The molecule has 0 radical (unpaired) electrons. The van der Waals surface area contributed by atoms with E-state index in [0.29, 0.717) is 18.7 Å². The van der Waals surface area contributed by atoms with Gasteiger partial charge >= 0.3 is 0 Å². The van der Waals surface area contributed by atoms with Gasteiger partial charge in [-0.05, 0) is 31.0 Å². The quantitative estimate of drug-likeness (QED) is 0.751. The minimum absolute atomic E-state index is 0.0801. The normalized spacial score (nSPS) is 12.4. The van der Waals surface area contributed by atoms with E-state index in [1.54, 1.807) is 18.3 Å². The summed E-state index contributed by atoms with van der Waals surface area (Å²) < 4.78 is 0. The highest BCUT2D eigenvalue weighted by molar-refractivity contribution is 5.81. The van der Waals surface area contributed by atoms with Gasteiger partial charge in [0.15, 0.2) is 0 Å². The van der Waals surface area contributed by atoms with Gasteiger partial charge in [0.25, 0.3) is 0 Å². The maximum absolute atomic E-state index is 11.5. The van der Waals surface area contributed by atoms with Crippen molar-refractivity contribution in [1.29, 1.82) is 0 Å². The Bertz CT molecular complexity index is 336. The smallest absolute Gasteiger partial charge is 0.137 e. The second-order valence-corrected chi connectivity index (χ2v) is 3.82. The van der Waals surface area contributed by atoms with Crippen molar-refractivity contribution in [2.24, 2.45) is 5.73 Å². The first-order valence-electron chi connectivity index (χ1n) is 5.05. The van der Waals surface area contributed by atoms with Crippen LogP contribution < -0.4 is 11.5 Å². The Kier molecular flexibility index (Phi) is 4.24. The Morgan fingerprint density at radius 3 is 2.93 bits per heavy atom. The summed E-state index contributed by atoms with van der Waals surface area (Å²) in [6, 6.07) is 3.61. The van der Waals surface area contributed by atoms with Crippen LogP contribution >= 0.6 is 0 Å². The lowest BCUT2D eigenvalue weighted by Crippen LogP contribution is -2.17. The number of pyridine rings is 1. The van der Waals surface area contributed by atoms with Crippen molar-refractivity contribution >= 4 is 11.6 Å². The van der Waals surface area contributed by atoms with Crippen molar-refractivity contribution in [3.05, 3.63) is 23.9 Å². The molecule has 0 spiro atoms. The lowest BCUT2D eigenvalue weighted by Gasteiger charge is -2.04. The molecule has 82 valence electrons. The first-order chi connectivity index (χ1) is 7.08. The number of Topliss-reactive ketones (excluding diaryl/α,β-unsaturated/α-hetero) is 1. The van der Waals surface area contributed by atoms with E-state index in [9.17, 15) is 4.79 Å². The Labute approximate surface area is 89.7 Å². The molecule has 4 nitrogen and oxygen atoms in total. The molecule has 1 aromatic rings. The Morgan fingerprint density at radius 1 is 1.60 bits per heavy atom. The monoisotopic (exact) mass is 207 g/mol. The molecule has 4 heteroatoms. The number of hydrogen-bond donors (Lipinski definition) is 2. The molecule has 0 bridgehead atoms. The van der Waals surface area contributed by atoms with Crippen molar-refractivity contribution in [1.82, 2.24) is 4.98 Å². The lowest BCUT2D eigenvalue weighted by atomic mass is 10.0. The first kappa shape index (κ1) is 11.7. The van der Waals surface area contributed by atoms with Crippen LogP contribution in [0.3, 0.4) is 0 Å². The molecule has 0 aromatic carbocycles. The SMILES string of the molecule is CC(N)CCC(=O)Cc1ccnc(N)c1. The molecule has 0 aliphatic carbocycles. The third-order valence-electron chi connectivity index (χ3n) is 2.13. The zero-order valence-corrected chi connectivity index (χ0v) is 8.94. The fourth-order valence-corrected chi connectivity index (χ4v) is 1.31. The maximum Gasteiger partial charge on any atom is 0.137 e. The van der Waals surface area contributed by atoms with Crippen LogP contribution in [0.2, 0.25) is 0 Å². The van der Waals surface area contributed by atoms with Gasteiger partial charge in [0.05, 0.1) is 0 Å². The number of anilines is 1. The second kappa shape index (κ2) is 5.46. The number of rotatable bonds is 5. The molecule has 1 rings (SSSR count). The number of carbonyl (C=O) groups excluding carboxylic acids is 1. The van der Waals surface area contributed by atoms with Gasteiger partial charge in [-0.2, -0.15) is 0 Å². The van der Waals surface area contributed by atoms with Crippen LogP contribution in [0.4, 0.5) is 5.82 Å². The van der Waals surface area contributed by atoms with Crippen molar-refractivity contribution in [2.75, 3.05) is 5.73 Å². The molecule has 0 fully saturated rings. The average Bonchev–Trinajstić information content (AvgIpc) is 2.15. The standard InChI is InChI=1S/C11H17N3O/c1-8(12)2-3-10(15)6-9-4-5-14-11(13)7-9/h4-5,7-8H,2-3,6,12H2,1H3,(H2,13,14). The molecule has 0 amide bonds. The summed E-state index contributed by atoms with van der Waals surface area (Å²) >= 11 is 0. The minimum atomic E-state index is 0.0801. The van der Waals surface area contributed by atoms with Crippen molar-refractivity contribution in [3.63, 3.8) is 0 Å². The largest absolute Gasteiger partial charge is 0.384 e. The molecule has 0 saturated heterocycles. The highest BCUT2D eigenvalue weighted by Crippen LogP contribution is 2.06. The topological polar surface area (TPSA) is 82.0 Å². The summed E-state index contributed by atoms with van der Waals surface area (Å²) in [7, 11) is 0. The summed E-state index contributed by atoms with van der Waals surface area (Å²) in [5.74, 6) is 0.644. The summed E-state index contributed by atoms with van der Waals surface area (Å²) in [5, 5.41) is 0. The van der Waals surface area contributed by atoms with Gasteiger partial charge in [0, 0.05) is 25.1 Å². The number of hydrogen-bond acceptors (Lipinski definition) is 4. The van der Waals surface area contributed by atoms with Gasteiger partial charge in [0.2, 0.25) is 0 Å². The third-order valence-corrected chi connectivity index (χ3v) is 2.13. The average molecular weight is 207 g/mol. The van der Waals surface area contributed by atoms with Crippen LogP contribution in [0.5, 0.6) is 0 Å². The summed E-state index contributed by atoms with van der Waals surface area (Å²) in [6.07, 6.45) is 3.29. The van der Waals surface area contributed by atoms with Crippen LogP contribution in [0.15, 0.2) is 18.3 Å². The molecule has 0 aliphatic rings. The Hall–Kier alpha value is -1.42. The number of aromatic nitrogens is 1. The predicted molar refractivity (Wildman–Crippen MR) is 60.2 cm³/mol. The van der Waals surface area contributed by atoms with Crippen LogP contribution in [0.25, 0.3) is 0 Å². The van der Waals surface area contributed by atoms with Crippen molar-refractivity contribution in [3.8, 4) is 0 Å². The molecule has 0 saturated carbocycles. The predicted octanol–water partition coefficient (Wildman–Crippen LogP) is 0.903. The molecular formula is C11H17N3O. The summed E-state index contributed by atoms with van der Waals surface area (Å²) in [6.45, 7) is 1.90. The van der Waals surface area contributed by atoms with E-state index in [0.717, 1.165) is 12.0 Å². The lowest BCUT2D eigenvalue weighted by molar-refractivity contribution is -0.118. The van der Waals surface area contributed by atoms with E-state index in [-0.39, 0.29) is 11.8 Å². The molecule has 1 unspecified atom stereocenters. The van der Waals surface area contributed by atoms with Crippen LogP contribution in [0.1, 0.15) is 25.3 Å². The van der Waals surface area contributed by atoms with E-state index >= 15 is 0 Å². The van der Waals surface area contributed by atoms with Gasteiger partial charge in [-0.15, -0.1) is 0 Å². The second-order valence-electron chi connectivity index (χ2n) is 3.82. The van der Waals surface area contributed by atoms with Crippen LogP contribution in [0, 0.1) is 0 Å². The van der Waals surface area contributed by atoms with Crippen LogP contribution in [-0.4, -0.2) is 16.8 Å². The molecular weight excluding hydrogens is 190 g/mol. The first-order valence-corrected chi connectivity index (χ1v) is 5.05. The molecule has 4 N–H and O–H groups in total. The fourth-order valence-electron chi connectivity index (χ4n) is 1.31. The Balaban J connectivity index is 2.44. The van der Waals surface area contributed by atoms with Crippen molar-refractivity contribution < 1.29 is 4.79 Å². The number of nitrogen functional groups attached to an aromatic ring is 1. The zero-order valence-electron chi connectivity index (χ0n) is 8.94. The Morgan fingerprint density at radius 2 is 2.33 bits per heavy atom.